The van der Waals surface area contributed by atoms with Crippen LogP contribution in [0.1, 0.15) is 22.8 Å². The number of methoxy groups -OCH3 is 1. The highest BCUT2D eigenvalue weighted by atomic mass is 16.5. The monoisotopic (exact) mass is 267 g/mol. The summed E-state index contributed by atoms with van der Waals surface area (Å²) in [5.41, 5.74) is 5.95. The maximum Gasteiger partial charge on any atom is 0.338 e. The van der Waals surface area contributed by atoms with Crippen molar-refractivity contribution >= 4 is 11.9 Å². The van der Waals surface area contributed by atoms with Crippen LogP contribution in [0.25, 0.3) is 0 Å². The Kier molecular flexibility index (Phi) is 5.81. The van der Waals surface area contributed by atoms with E-state index in [9.17, 15) is 9.59 Å². The van der Waals surface area contributed by atoms with Crippen molar-refractivity contribution in [2.24, 2.45) is 5.73 Å². The van der Waals surface area contributed by atoms with Gasteiger partial charge in [-0.25, -0.2) is 4.79 Å². The summed E-state index contributed by atoms with van der Waals surface area (Å²) in [7, 11) is 1.54. The number of nitrogens with two attached hydrogens (primary N) is 1. The lowest BCUT2D eigenvalue weighted by Gasteiger charge is -2.10. The Morgan fingerprint density at radius 3 is 2.63 bits per heavy atom. The summed E-state index contributed by atoms with van der Waals surface area (Å²) >= 11 is 0. The number of esters is 1. The minimum absolute atomic E-state index is 0.316. The van der Waals surface area contributed by atoms with Crippen LogP contribution in [0.3, 0.4) is 0 Å². The number of ether oxygens (including phenoxy) is 3. The SMILES string of the molecule is CCOCc1cc(C(=O)OCC(N)=O)ccc1OC. The third-order valence-corrected chi connectivity index (χ3v) is 2.32. The number of amides is 1. The van der Waals surface area contributed by atoms with Crippen molar-refractivity contribution in [3.05, 3.63) is 29.3 Å². The predicted molar refractivity (Wildman–Crippen MR) is 67.8 cm³/mol. The summed E-state index contributed by atoms with van der Waals surface area (Å²) in [5, 5.41) is 0. The summed E-state index contributed by atoms with van der Waals surface area (Å²) < 4.78 is 15.2. The summed E-state index contributed by atoms with van der Waals surface area (Å²) in [6.07, 6.45) is 0. The highest BCUT2D eigenvalue weighted by Gasteiger charge is 2.12. The van der Waals surface area contributed by atoms with Crippen LogP contribution < -0.4 is 10.5 Å². The molecule has 0 fully saturated rings. The van der Waals surface area contributed by atoms with Gasteiger partial charge in [-0.1, -0.05) is 0 Å². The van der Waals surface area contributed by atoms with Crippen LogP contribution in [0, 0.1) is 0 Å². The fourth-order valence-corrected chi connectivity index (χ4v) is 1.45. The fraction of sp³-hybridized carbons (Fsp3) is 0.385. The number of carbonyl (C=O) groups is 2. The molecule has 6 nitrogen and oxygen atoms in total. The van der Waals surface area contributed by atoms with Gasteiger partial charge in [0.2, 0.25) is 0 Å². The van der Waals surface area contributed by atoms with Gasteiger partial charge in [0.15, 0.2) is 6.61 Å². The van der Waals surface area contributed by atoms with Gasteiger partial charge >= 0.3 is 5.97 Å². The number of carbonyl (C=O) groups excluding carboxylic acids is 2. The van der Waals surface area contributed by atoms with Crippen LogP contribution in [0.5, 0.6) is 5.75 Å². The Bertz CT molecular complexity index is 458. The van der Waals surface area contributed by atoms with Crippen molar-refractivity contribution in [2.45, 2.75) is 13.5 Å². The molecule has 1 aromatic rings. The molecular formula is C13H17NO5. The minimum atomic E-state index is -0.698. The molecule has 104 valence electrons. The fourth-order valence-electron chi connectivity index (χ4n) is 1.45. The molecule has 0 bridgehead atoms. The van der Waals surface area contributed by atoms with Crippen LogP contribution in [0.4, 0.5) is 0 Å². The molecule has 0 atom stereocenters. The molecule has 0 aliphatic carbocycles. The average molecular weight is 267 g/mol. The zero-order valence-electron chi connectivity index (χ0n) is 11.0. The third-order valence-electron chi connectivity index (χ3n) is 2.32. The lowest BCUT2D eigenvalue weighted by atomic mass is 10.1. The first kappa shape index (κ1) is 15.0. The molecule has 0 aliphatic heterocycles. The highest BCUT2D eigenvalue weighted by Crippen LogP contribution is 2.21. The first-order valence-corrected chi connectivity index (χ1v) is 5.78. The number of primary amides is 1. The van der Waals surface area contributed by atoms with Gasteiger partial charge in [-0.2, -0.15) is 0 Å². The summed E-state index contributed by atoms with van der Waals surface area (Å²) in [6.45, 7) is 2.32. The summed E-state index contributed by atoms with van der Waals surface area (Å²) in [4.78, 5) is 22.2. The third kappa shape index (κ3) is 4.59. The van der Waals surface area contributed by atoms with E-state index < -0.39 is 18.5 Å². The zero-order valence-corrected chi connectivity index (χ0v) is 11.0. The molecule has 0 radical (unpaired) electrons. The number of hydrogen-bond acceptors (Lipinski definition) is 5. The largest absolute Gasteiger partial charge is 0.496 e. The first-order chi connectivity index (χ1) is 9.08. The van der Waals surface area contributed by atoms with Crippen molar-refractivity contribution < 1.29 is 23.8 Å². The Balaban J connectivity index is 2.84. The van der Waals surface area contributed by atoms with E-state index in [0.717, 1.165) is 5.56 Å². The number of rotatable bonds is 7. The lowest BCUT2D eigenvalue weighted by Crippen LogP contribution is -2.21. The normalized spacial score (nSPS) is 10.0. The molecule has 0 aliphatic rings. The van der Waals surface area contributed by atoms with E-state index in [4.69, 9.17) is 19.9 Å². The molecule has 0 saturated carbocycles. The smallest absolute Gasteiger partial charge is 0.338 e. The van der Waals surface area contributed by atoms with Crippen LogP contribution in [0.15, 0.2) is 18.2 Å². The van der Waals surface area contributed by atoms with Gasteiger partial charge < -0.3 is 19.9 Å². The minimum Gasteiger partial charge on any atom is -0.496 e. The van der Waals surface area contributed by atoms with Gasteiger partial charge in [-0.3, -0.25) is 4.79 Å². The van der Waals surface area contributed by atoms with Crippen LogP contribution in [0.2, 0.25) is 0 Å². The van der Waals surface area contributed by atoms with E-state index in [1.807, 2.05) is 6.92 Å². The van der Waals surface area contributed by atoms with E-state index >= 15 is 0 Å². The molecule has 0 saturated heterocycles. The van der Waals surface area contributed by atoms with Crippen molar-refractivity contribution in [3.63, 3.8) is 0 Å². The second kappa shape index (κ2) is 7.38. The van der Waals surface area contributed by atoms with Crippen molar-refractivity contribution in [1.29, 1.82) is 0 Å². The molecule has 19 heavy (non-hydrogen) atoms. The zero-order chi connectivity index (χ0) is 14.3. The van der Waals surface area contributed by atoms with Gasteiger partial charge in [0.1, 0.15) is 5.75 Å². The van der Waals surface area contributed by atoms with E-state index in [1.165, 1.54) is 7.11 Å². The lowest BCUT2D eigenvalue weighted by molar-refractivity contribution is -0.121. The Hall–Kier alpha value is -2.08. The van der Waals surface area contributed by atoms with E-state index in [-0.39, 0.29) is 0 Å². The van der Waals surface area contributed by atoms with Gasteiger partial charge in [0.05, 0.1) is 19.3 Å². The molecule has 1 aromatic carbocycles. The van der Waals surface area contributed by atoms with Crippen molar-refractivity contribution in [1.82, 2.24) is 0 Å². The standard InChI is InChI=1S/C13H17NO5/c1-3-18-7-10-6-9(4-5-11(10)17-2)13(16)19-8-12(14)15/h4-6H,3,7-8H2,1-2H3,(H2,14,15). The van der Waals surface area contributed by atoms with Crippen molar-refractivity contribution in [2.75, 3.05) is 20.3 Å². The molecule has 1 rings (SSSR count). The molecule has 0 unspecified atom stereocenters. The maximum absolute atomic E-state index is 11.7. The van der Waals surface area contributed by atoms with Gasteiger partial charge in [-0.15, -0.1) is 0 Å². The quantitative estimate of drug-likeness (QED) is 0.741. The Morgan fingerprint density at radius 1 is 1.32 bits per heavy atom. The van der Waals surface area contributed by atoms with Crippen LogP contribution >= 0.6 is 0 Å². The van der Waals surface area contributed by atoms with E-state index in [2.05, 4.69) is 0 Å². The number of benzene rings is 1. The number of hydrogen-bond donors (Lipinski definition) is 1. The Morgan fingerprint density at radius 2 is 2.05 bits per heavy atom. The molecule has 1 amide bonds. The second-order valence-corrected chi connectivity index (χ2v) is 3.71. The van der Waals surface area contributed by atoms with Gasteiger partial charge in [0.25, 0.3) is 5.91 Å². The predicted octanol–water partition coefficient (Wildman–Crippen LogP) is 0.874. The van der Waals surface area contributed by atoms with E-state index in [1.54, 1.807) is 18.2 Å². The molecular weight excluding hydrogens is 250 g/mol. The topological polar surface area (TPSA) is 87.9 Å². The molecule has 6 heteroatoms. The average Bonchev–Trinajstić information content (AvgIpc) is 2.42. The molecule has 0 spiro atoms. The summed E-state index contributed by atoms with van der Waals surface area (Å²) in [5.74, 6) is -0.685. The highest BCUT2D eigenvalue weighted by molar-refractivity contribution is 5.91. The second-order valence-electron chi connectivity index (χ2n) is 3.71. The molecule has 0 aromatic heterocycles. The molecule has 0 heterocycles. The summed E-state index contributed by atoms with van der Waals surface area (Å²) in [6, 6.07) is 4.81. The van der Waals surface area contributed by atoms with Crippen LogP contribution in [-0.2, 0) is 20.9 Å². The van der Waals surface area contributed by atoms with E-state index in [0.29, 0.717) is 24.5 Å². The first-order valence-electron chi connectivity index (χ1n) is 5.78. The maximum atomic E-state index is 11.7. The Labute approximate surface area is 111 Å². The molecule has 2 N–H and O–H groups in total. The van der Waals surface area contributed by atoms with Crippen LogP contribution in [-0.4, -0.2) is 32.2 Å². The van der Waals surface area contributed by atoms with Crippen molar-refractivity contribution in [3.8, 4) is 5.75 Å². The van der Waals surface area contributed by atoms with Gasteiger partial charge in [-0.05, 0) is 25.1 Å². The van der Waals surface area contributed by atoms with Gasteiger partial charge in [0, 0.05) is 12.2 Å².